The third kappa shape index (κ3) is 6.70. The number of halogens is 1. The normalized spacial score (nSPS) is 16.0. The van der Waals surface area contributed by atoms with Gasteiger partial charge in [0.05, 0.1) is 12.2 Å². The van der Waals surface area contributed by atoms with Crippen molar-refractivity contribution in [3.05, 3.63) is 41.8 Å². The largest absolute Gasteiger partial charge is 0.444 e. The van der Waals surface area contributed by atoms with Crippen LogP contribution in [-0.2, 0) is 6.54 Å². The van der Waals surface area contributed by atoms with Crippen molar-refractivity contribution in [2.45, 2.75) is 46.2 Å². The number of aromatic nitrogens is 1. The van der Waals surface area contributed by atoms with Gasteiger partial charge in [-0.25, -0.2) is 4.98 Å². The minimum absolute atomic E-state index is 0. The van der Waals surface area contributed by atoms with E-state index in [1.54, 1.807) is 13.3 Å². The SMILES string of the molecule is CN=C(NCc1coc(-c2ccc(C)cc2)n1)NCC(C(C)C)N1CCCC1.I. The molecule has 7 heteroatoms. The Morgan fingerprint density at radius 2 is 1.86 bits per heavy atom. The first kappa shape index (κ1) is 23.7. The fraction of sp³-hybridized carbons (Fsp3) is 0.545. The highest BCUT2D eigenvalue weighted by Crippen LogP contribution is 2.19. The fourth-order valence-electron chi connectivity index (χ4n) is 3.67. The number of nitrogens with one attached hydrogen (secondary N) is 2. The van der Waals surface area contributed by atoms with Crippen LogP contribution < -0.4 is 10.6 Å². The summed E-state index contributed by atoms with van der Waals surface area (Å²) < 4.78 is 5.64. The molecule has 6 nitrogen and oxygen atoms in total. The molecule has 160 valence electrons. The number of benzene rings is 1. The van der Waals surface area contributed by atoms with E-state index < -0.39 is 0 Å². The highest BCUT2D eigenvalue weighted by Gasteiger charge is 2.24. The lowest BCUT2D eigenvalue weighted by Crippen LogP contribution is -2.48. The van der Waals surface area contributed by atoms with E-state index in [0.717, 1.165) is 23.8 Å². The van der Waals surface area contributed by atoms with Crippen LogP contribution in [0.3, 0.4) is 0 Å². The number of rotatable bonds is 7. The number of oxazole rings is 1. The molecule has 0 radical (unpaired) electrons. The molecule has 2 N–H and O–H groups in total. The summed E-state index contributed by atoms with van der Waals surface area (Å²) in [5, 5.41) is 6.82. The Morgan fingerprint density at radius 1 is 1.17 bits per heavy atom. The fourth-order valence-corrected chi connectivity index (χ4v) is 3.67. The minimum Gasteiger partial charge on any atom is -0.444 e. The molecule has 1 unspecified atom stereocenters. The van der Waals surface area contributed by atoms with Crippen LogP contribution in [-0.4, -0.2) is 48.6 Å². The molecule has 0 aliphatic carbocycles. The van der Waals surface area contributed by atoms with Gasteiger partial charge in [-0.05, 0) is 50.9 Å². The summed E-state index contributed by atoms with van der Waals surface area (Å²) in [7, 11) is 1.80. The Morgan fingerprint density at radius 3 is 2.48 bits per heavy atom. The third-order valence-electron chi connectivity index (χ3n) is 5.37. The van der Waals surface area contributed by atoms with Crippen molar-refractivity contribution in [1.29, 1.82) is 0 Å². The quantitative estimate of drug-likeness (QED) is 0.334. The highest BCUT2D eigenvalue weighted by molar-refractivity contribution is 14.0. The number of aliphatic imine (C=N–C) groups is 1. The minimum atomic E-state index is 0. The predicted molar refractivity (Wildman–Crippen MR) is 130 cm³/mol. The second-order valence-corrected chi connectivity index (χ2v) is 7.87. The van der Waals surface area contributed by atoms with Crippen molar-refractivity contribution in [2.75, 3.05) is 26.7 Å². The molecule has 1 saturated heterocycles. The first-order valence-electron chi connectivity index (χ1n) is 10.3. The maximum atomic E-state index is 5.64. The number of hydrogen-bond donors (Lipinski definition) is 2. The molecule has 2 aromatic rings. The van der Waals surface area contributed by atoms with Gasteiger partial charge in [-0.15, -0.1) is 24.0 Å². The van der Waals surface area contributed by atoms with E-state index in [0.29, 0.717) is 24.4 Å². The van der Waals surface area contributed by atoms with Gasteiger partial charge in [-0.2, -0.15) is 0 Å². The van der Waals surface area contributed by atoms with E-state index in [2.05, 4.69) is 58.4 Å². The average molecular weight is 511 g/mol. The summed E-state index contributed by atoms with van der Waals surface area (Å²) in [5.74, 6) is 2.05. The Bertz CT molecular complexity index is 766. The van der Waals surface area contributed by atoms with E-state index in [-0.39, 0.29) is 24.0 Å². The zero-order valence-electron chi connectivity index (χ0n) is 17.9. The lowest BCUT2D eigenvalue weighted by molar-refractivity contribution is 0.192. The van der Waals surface area contributed by atoms with Crippen LogP contribution >= 0.6 is 24.0 Å². The van der Waals surface area contributed by atoms with E-state index >= 15 is 0 Å². The van der Waals surface area contributed by atoms with Crippen LogP contribution in [0.25, 0.3) is 11.5 Å². The van der Waals surface area contributed by atoms with Gasteiger partial charge in [0.1, 0.15) is 6.26 Å². The second-order valence-electron chi connectivity index (χ2n) is 7.87. The zero-order valence-corrected chi connectivity index (χ0v) is 20.3. The van der Waals surface area contributed by atoms with Crippen molar-refractivity contribution < 1.29 is 4.42 Å². The van der Waals surface area contributed by atoms with Gasteiger partial charge in [0.25, 0.3) is 0 Å². The Hall–Kier alpha value is -1.61. The van der Waals surface area contributed by atoms with E-state index in [1.807, 2.05) is 12.1 Å². The molecule has 1 aromatic heterocycles. The molecule has 1 aromatic carbocycles. The number of nitrogens with zero attached hydrogens (tertiary/aromatic N) is 3. The van der Waals surface area contributed by atoms with Crippen molar-refractivity contribution in [2.24, 2.45) is 10.9 Å². The van der Waals surface area contributed by atoms with Gasteiger partial charge in [0.15, 0.2) is 5.96 Å². The third-order valence-corrected chi connectivity index (χ3v) is 5.37. The maximum Gasteiger partial charge on any atom is 0.226 e. The van der Waals surface area contributed by atoms with Crippen LogP contribution in [0.5, 0.6) is 0 Å². The summed E-state index contributed by atoms with van der Waals surface area (Å²) in [6, 6.07) is 8.72. The molecule has 0 bridgehead atoms. The summed E-state index contributed by atoms with van der Waals surface area (Å²) in [6.07, 6.45) is 4.33. The van der Waals surface area contributed by atoms with Gasteiger partial charge >= 0.3 is 0 Å². The first-order valence-corrected chi connectivity index (χ1v) is 10.3. The van der Waals surface area contributed by atoms with E-state index in [9.17, 15) is 0 Å². The van der Waals surface area contributed by atoms with Crippen LogP contribution in [0.15, 0.2) is 39.9 Å². The van der Waals surface area contributed by atoms with Gasteiger partial charge in [-0.3, -0.25) is 9.89 Å². The Balaban J connectivity index is 0.00000300. The smallest absolute Gasteiger partial charge is 0.226 e. The maximum absolute atomic E-state index is 5.64. The Kier molecular flexibility index (Phi) is 9.42. The molecule has 1 aliphatic heterocycles. The molecule has 0 spiro atoms. The van der Waals surface area contributed by atoms with Gasteiger partial charge in [0.2, 0.25) is 5.89 Å². The van der Waals surface area contributed by atoms with Gasteiger partial charge in [-0.1, -0.05) is 31.5 Å². The highest BCUT2D eigenvalue weighted by atomic mass is 127. The second kappa shape index (κ2) is 11.5. The standard InChI is InChI=1S/C22H33N5O.HI/c1-16(2)20(27-11-5-6-12-27)14-25-22(23-4)24-13-19-15-28-21(26-19)18-9-7-17(3)8-10-18;/h7-10,15-16,20H,5-6,11-14H2,1-4H3,(H2,23,24,25);1H. The van der Waals surface area contributed by atoms with Crippen molar-refractivity contribution in [3.8, 4) is 11.5 Å². The number of likely N-dealkylation sites (tertiary alicyclic amines) is 1. The zero-order chi connectivity index (χ0) is 19.9. The van der Waals surface area contributed by atoms with Crippen LogP contribution in [0.2, 0.25) is 0 Å². The van der Waals surface area contributed by atoms with Crippen LogP contribution in [0, 0.1) is 12.8 Å². The lowest BCUT2D eigenvalue weighted by atomic mass is 10.0. The average Bonchev–Trinajstić information content (AvgIpc) is 3.37. The molecule has 29 heavy (non-hydrogen) atoms. The lowest BCUT2D eigenvalue weighted by Gasteiger charge is -2.31. The van der Waals surface area contributed by atoms with E-state index in [1.165, 1.54) is 31.5 Å². The molecule has 0 amide bonds. The summed E-state index contributed by atoms with van der Waals surface area (Å²) in [6.45, 7) is 10.5. The van der Waals surface area contributed by atoms with Crippen molar-refractivity contribution in [3.63, 3.8) is 0 Å². The molecule has 3 rings (SSSR count). The molecule has 1 atom stereocenters. The topological polar surface area (TPSA) is 65.7 Å². The molecule has 2 heterocycles. The monoisotopic (exact) mass is 511 g/mol. The summed E-state index contributed by atoms with van der Waals surface area (Å²) in [4.78, 5) is 11.5. The molecule has 1 fully saturated rings. The summed E-state index contributed by atoms with van der Waals surface area (Å²) in [5.41, 5.74) is 3.07. The molecule has 0 saturated carbocycles. The molecular weight excluding hydrogens is 477 g/mol. The first-order chi connectivity index (χ1) is 13.6. The van der Waals surface area contributed by atoms with Crippen LogP contribution in [0.1, 0.15) is 37.9 Å². The predicted octanol–water partition coefficient (Wildman–Crippen LogP) is 4.05. The number of guanidine groups is 1. The van der Waals surface area contributed by atoms with E-state index in [4.69, 9.17) is 4.42 Å². The van der Waals surface area contributed by atoms with Gasteiger partial charge < -0.3 is 15.1 Å². The molecule has 1 aliphatic rings. The van der Waals surface area contributed by atoms with Crippen molar-refractivity contribution in [1.82, 2.24) is 20.5 Å². The van der Waals surface area contributed by atoms with Gasteiger partial charge in [0, 0.05) is 25.2 Å². The van der Waals surface area contributed by atoms with Crippen molar-refractivity contribution >= 4 is 29.9 Å². The molecular formula is C22H34IN5O. The summed E-state index contributed by atoms with van der Waals surface area (Å²) >= 11 is 0. The number of aryl methyl sites for hydroxylation is 1. The van der Waals surface area contributed by atoms with Crippen LogP contribution in [0.4, 0.5) is 0 Å². The number of hydrogen-bond acceptors (Lipinski definition) is 4. The Labute approximate surface area is 191 Å².